The van der Waals surface area contributed by atoms with E-state index in [-0.39, 0.29) is 22.5 Å². The van der Waals surface area contributed by atoms with Gasteiger partial charge in [0, 0.05) is 49.5 Å². The first-order valence-electron chi connectivity index (χ1n) is 13.1. The first-order chi connectivity index (χ1) is 20.2. The standard InChI is InChI=1S/C31H26N8O3/c1-19(34-30(41)27-28(32)35-38-16-8-15-33-29(27)38)24-17-21-10-7-9-20(13-14-23-18-25(40)37(3)36(23)2)26(21)31(42)39(24)22-11-5-4-6-12-22/h4-12,15-19H,1-3H3,(H2,32,35)(H,34,41)/t19-/m0/s1. The molecule has 0 fully saturated rings. The molecule has 0 aliphatic heterocycles. The van der Waals surface area contributed by atoms with E-state index in [2.05, 4.69) is 27.2 Å². The fourth-order valence-corrected chi connectivity index (χ4v) is 4.97. The van der Waals surface area contributed by atoms with E-state index in [9.17, 15) is 14.4 Å². The lowest BCUT2D eigenvalue weighted by molar-refractivity contribution is 0.0941. The van der Waals surface area contributed by atoms with Crippen molar-refractivity contribution < 1.29 is 4.79 Å². The number of carbonyl (C=O) groups excluding carboxylic acids is 1. The van der Waals surface area contributed by atoms with Crippen LogP contribution in [-0.2, 0) is 14.1 Å². The fourth-order valence-electron chi connectivity index (χ4n) is 4.97. The molecule has 208 valence electrons. The van der Waals surface area contributed by atoms with Gasteiger partial charge in [0.2, 0.25) is 0 Å². The number of nitrogens with two attached hydrogens (primary N) is 1. The molecule has 4 heterocycles. The molecule has 1 atom stereocenters. The molecule has 0 saturated carbocycles. The maximum absolute atomic E-state index is 14.2. The van der Waals surface area contributed by atoms with Crippen LogP contribution in [0.5, 0.6) is 0 Å². The molecular weight excluding hydrogens is 532 g/mol. The van der Waals surface area contributed by atoms with Crippen molar-refractivity contribution in [2.45, 2.75) is 13.0 Å². The van der Waals surface area contributed by atoms with E-state index in [1.54, 1.807) is 54.8 Å². The molecule has 4 aromatic heterocycles. The van der Waals surface area contributed by atoms with Crippen molar-refractivity contribution >= 4 is 28.1 Å². The van der Waals surface area contributed by atoms with Gasteiger partial charge in [0.25, 0.3) is 17.0 Å². The average Bonchev–Trinajstić information content (AvgIpc) is 3.45. The Balaban J connectivity index is 1.49. The summed E-state index contributed by atoms with van der Waals surface area (Å²) in [6, 6.07) is 19.0. The zero-order valence-electron chi connectivity index (χ0n) is 23.1. The number of nitrogen functional groups attached to an aromatic ring is 1. The Labute approximate surface area is 239 Å². The van der Waals surface area contributed by atoms with Crippen molar-refractivity contribution in [1.82, 2.24) is 33.8 Å². The van der Waals surface area contributed by atoms with Crippen molar-refractivity contribution in [2.24, 2.45) is 14.1 Å². The molecular formula is C31H26N8O3. The van der Waals surface area contributed by atoms with Crippen molar-refractivity contribution in [1.29, 1.82) is 0 Å². The Bertz CT molecular complexity index is 2190. The lowest BCUT2D eigenvalue weighted by Gasteiger charge is -2.21. The third-order valence-electron chi connectivity index (χ3n) is 7.23. The van der Waals surface area contributed by atoms with Crippen molar-refractivity contribution in [3.05, 3.63) is 122 Å². The van der Waals surface area contributed by atoms with Gasteiger partial charge >= 0.3 is 0 Å². The van der Waals surface area contributed by atoms with Gasteiger partial charge < -0.3 is 11.1 Å². The highest BCUT2D eigenvalue weighted by atomic mass is 16.2. The normalized spacial score (nSPS) is 11.8. The number of hydrogen-bond donors (Lipinski definition) is 2. The summed E-state index contributed by atoms with van der Waals surface area (Å²) in [5.74, 6) is 5.71. The molecule has 3 N–H and O–H groups in total. The predicted octanol–water partition coefficient (Wildman–Crippen LogP) is 2.54. The Morgan fingerprint density at radius 3 is 2.50 bits per heavy atom. The summed E-state index contributed by atoms with van der Waals surface area (Å²) in [4.78, 5) is 44.0. The van der Waals surface area contributed by atoms with Crippen LogP contribution in [0, 0.1) is 11.8 Å². The monoisotopic (exact) mass is 558 g/mol. The van der Waals surface area contributed by atoms with E-state index in [0.29, 0.717) is 39.1 Å². The van der Waals surface area contributed by atoms with Gasteiger partial charge in [0.15, 0.2) is 11.5 Å². The zero-order valence-corrected chi connectivity index (χ0v) is 23.1. The summed E-state index contributed by atoms with van der Waals surface area (Å²) in [5.41, 5.74) is 8.33. The largest absolute Gasteiger partial charge is 0.381 e. The number of hydrogen-bond acceptors (Lipinski definition) is 6. The second-order valence-electron chi connectivity index (χ2n) is 9.82. The number of amides is 1. The smallest absolute Gasteiger partial charge is 0.267 e. The SMILES string of the molecule is C[C@H](NC(=O)c1c(N)nn2cccnc12)c1cc2cccc(C#Cc3cc(=O)n(C)n3C)c2c(=O)n1-c1ccccc1. The number of fused-ring (bicyclic) bond motifs is 2. The molecule has 0 spiro atoms. The van der Waals surface area contributed by atoms with Crippen LogP contribution >= 0.6 is 0 Å². The van der Waals surface area contributed by atoms with Gasteiger partial charge in [-0.05, 0) is 48.6 Å². The van der Waals surface area contributed by atoms with E-state index in [1.807, 2.05) is 48.5 Å². The van der Waals surface area contributed by atoms with Gasteiger partial charge in [0.05, 0.1) is 11.4 Å². The van der Waals surface area contributed by atoms with Gasteiger partial charge in [-0.15, -0.1) is 5.10 Å². The maximum Gasteiger partial charge on any atom is 0.267 e. The number of nitrogens with zero attached hydrogens (tertiary/aromatic N) is 6. The maximum atomic E-state index is 14.2. The highest BCUT2D eigenvalue weighted by Gasteiger charge is 2.24. The second-order valence-corrected chi connectivity index (χ2v) is 9.82. The predicted molar refractivity (Wildman–Crippen MR) is 159 cm³/mol. The molecule has 2 aromatic carbocycles. The third-order valence-corrected chi connectivity index (χ3v) is 7.23. The summed E-state index contributed by atoms with van der Waals surface area (Å²) in [6.45, 7) is 1.80. The molecule has 0 unspecified atom stereocenters. The van der Waals surface area contributed by atoms with E-state index >= 15 is 0 Å². The number of carbonyl (C=O) groups is 1. The van der Waals surface area contributed by atoms with Gasteiger partial charge in [-0.3, -0.25) is 28.3 Å². The second kappa shape index (κ2) is 10.3. The Hall–Kier alpha value is -5.89. The summed E-state index contributed by atoms with van der Waals surface area (Å²) in [5, 5.41) is 8.24. The number of rotatable bonds is 4. The Morgan fingerprint density at radius 1 is 0.976 bits per heavy atom. The molecule has 42 heavy (non-hydrogen) atoms. The molecule has 0 radical (unpaired) electrons. The molecule has 0 aliphatic carbocycles. The number of para-hydroxylation sites is 1. The number of anilines is 1. The first-order valence-corrected chi connectivity index (χ1v) is 13.1. The summed E-state index contributed by atoms with van der Waals surface area (Å²) in [6.07, 6.45) is 3.22. The molecule has 11 nitrogen and oxygen atoms in total. The van der Waals surface area contributed by atoms with Crippen LogP contribution in [-0.4, -0.2) is 34.4 Å². The van der Waals surface area contributed by atoms with Gasteiger partial charge in [0.1, 0.15) is 11.3 Å². The summed E-state index contributed by atoms with van der Waals surface area (Å²) < 4.78 is 6.13. The molecule has 0 aliphatic rings. The number of benzene rings is 2. The molecule has 0 bridgehead atoms. The quantitative estimate of drug-likeness (QED) is 0.320. The van der Waals surface area contributed by atoms with Crippen molar-refractivity contribution in [3.63, 3.8) is 0 Å². The van der Waals surface area contributed by atoms with E-state index in [0.717, 1.165) is 0 Å². The number of pyridine rings is 1. The summed E-state index contributed by atoms with van der Waals surface area (Å²) >= 11 is 0. The van der Waals surface area contributed by atoms with Crippen LogP contribution in [0.25, 0.3) is 22.1 Å². The lowest BCUT2D eigenvalue weighted by Crippen LogP contribution is -2.32. The highest BCUT2D eigenvalue weighted by molar-refractivity contribution is 6.04. The van der Waals surface area contributed by atoms with Crippen LogP contribution in [0.4, 0.5) is 5.82 Å². The van der Waals surface area contributed by atoms with Gasteiger partial charge in [-0.2, -0.15) is 0 Å². The topological polar surface area (TPSA) is 134 Å². The van der Waals surface area contributed by atoms with Crippen LogP contribution < -0.4 is 22.2 Å². The van der Waals surface area contributed by atoms with Crippen LogP contribution in [0.1, 0.15) is 40.3 Å². The Kier molecular flexibility index (Phi) is 6.43. The van der Waals surface area contributed by atoms with E-state index in [4.69, 9.17) is 5.73 Å². The molecule has 11 heteroatoms. The molecule has 6 rings (SSSR count). The minimum atomic E-state index is -0.610. The first kappa shape index (κ1) is 26.3. The third kappa shape index (κ3) is 4.41. The van der Waals surface area contributed by atoms with E-state index in [1.165, 1.54) is 15.3 Å². The molecule has 6 aromatic rings. The highest BCUT2D eigenvalue weighted by Crippen LogP contribution is 2.24. The average molecular weight is 559 g/mol. The minimum absolute atomic E-state index is 0.0523. The van der Waals surface area contributed by atoms with Crippen molar-refractivity contribution in [2.75, 3.05) is 5.73 Å². The fraction of sp³-hybridized carbons (Fsp3) is 0.129. The lowest BCUT2D eigenvalue weighted by atomic mass is 10.0. The number of nitrogens with one attached hydrogen (secondary N) is 1. The van der Waals surface area contributed by atoms with E-state index < -0.39 is 11.9 Å². The molecule has 0 saturated heterocycles. The van der Waals surface area contributed by atoms with Crippen LogP contribution in [0.3, 0.4) is 0 Å². The molecule has 1 amide bonds. The number of aromatic nitrogens is 6. The Morgan fingerprint density at radius 2 is 1.76 bits per heavy atom. The van der Waals surface area contributed by atoms with Crippen LogP contribution in [0.2, 0.25) is 0 Å². The van der Waals surface area contributed by atoms with Gasteiger partial charge in [-0.1, -0.05) is 36.3 Å². The minimum Gasteiger partial charge on any atom is -0.381 e. The van der Waals surface area contributed by atoms with Crippen LogP contribution in [0.15, 0.2) is 88.7 Å². The van der Waals surface area contributed by atoms with Crippen molar-refractivity contribution in [3.8, 4) is 17.5 Å². The summed E-state index contributed by atoms with van der Waals surface area (Å²) in [7, 11) is 3.40. The zero-order chi connectivity index (χ0) is 29.5. The van der Waals surface area contributed by atoms with Gasteiger partial charge in [-0.25, -0.2) is 9.50 Å².